The van der Waals surface area contributed by atoms with Gasteiger partial charge < -0.3 is 25.7 Å². The van der Waals surface area contributed by atoms with Gasteiger partial charge in [-0.15, -0.1) is 0 Å². The zero-order valence-corrected chi connectivity index (χ0v) is 22.5. The van der Waals surface area contributed by atoms with Crippen LogP contribution in [0.3, 0.4) is 0 Å². The molecule has 0 aliphatic carbocycles. The second-order valence-electron chi connectivity index (χ2n) is 10.2. The number of phenolic OH excluding ortho intramolecular Hbond substituents is 1. The maximum Gasteiger partial charge on any atom is 0.267 e. The van der Waals surface area contributed by atoms with Gasteiger partial charge in [0, 0.05) is 35.7 Å². The first-order valence-electron chi connectivity index (χ1n) is 13.1. The molecule has 1 heterocycles. The number of aliphatic hydroxyl groups is 1. The monoisotopic (exact) mass is 587 g/mol. The Kier molecular flexibility index (Phi) is 9.15. The van der Waals surface area contributed by atoms with Crippen LogP contribution in [0.4, 0.5) is 17.6 Å². The van der Waals surface area contributed by atoms with Crippen LogP contribution in [0.2, 0.25) is 0 Å². The lowest BCUT2D eigenvalue weighted by Crippen LogP contribution is -2.56. The fourth-order valence-electron chi connectivity index (χ4n) is 4.82. The van der Waals surface area contributed by atoms with Crippen LogP contribution in [0.15, 0.2) is 66.7 Å². The second-order valence-corrected chi connectivity index (χ2v) is 10.2. The van der Waals surface area contributed by atoms with Crippen molar-refractivity contribution in [1.82, 2.24) is 15.5 Å². The molecule has 1 aliphatic heterocycles. The summed E-state index contributed by atoms with van der Waals surface area (Å²) >= 11 is 0. The molecular weight excluding hydrogens is 558 g/mol. The molecule has 3 amide bonds. The number of phenols is 1. The number of halogens is 4. The number of amides is 3. The fraction of sp³-hybridized carbons (Fsp3) is 0.300. The lowest BCUT2D eigenvalue weighted by atomic mass is 9.98. The Morgan fingerprint density at radius 2 is 1.76 bits per heavy atom. The highest BCUT2D eigenvalue weighted by molar-refractivity contribution is 5.97. The maximum absolute atomic E-state index is 14.5. The van der Waals surface area contributed by atoms with Crippen molar-refractivity contribution < 1.29 is 42.2 Å². The van der Waals surface area contributed by atoms with Crippen LogP contribution in [0, 0.1) is 18.6 Å². The molecule has 3 aromatic carbocycles. The summed E-state index contributed by atoms with van der Waals surface area (Å²) in [5.41, 5.74) is 0.846. The standard InChI is InChI=1S/C30H29F4N3O5/c1-17-21(8-5-9-25(17)38)27(40)36-23(12-18-6-3-2-4-7-18)26(39)29(42)37-16-30(33,34)14-24(37)28(41)35-15-19-10-11-20(31)13-22(19)32/h2-11,13,23-24,26,38-39H,12,14-16H2,1H3,(H,35,41)(H,36,40)/t23-,24-,26-/m0/s1. The Morgan fingerprint density at radius 1 is 1.05 bits per heavy atom. The number of aromatic hydroxyl groups is 1. The van der Waals surface area contributed by atoms with E-state index in [9.17, 15) is 42.2 Å². The van der Waals surface area contributed by atoms with Crippen molar-refractivity contribution in [2.24, 2.45) is 0 Å². The van der Waals surface area contributed by atoms with E-state index in [4.69, 9.17) is 0 Å². The van der Waals surface area contributed by atoms with Crippen molar-refractivity contribution in [2.45, 2.75) is 50.4 Å². The van der Waals surface area contributed by atoms with Crippen molar-refractivity contribution in [3.63, 3.8) is 0 Å². The molecule has 222 valence electrons. The summed E-state index contributed by atoms with van der Waals surface area (Å²) in [6.07, 6.45) is -3.14. The molecule has 1 fully saturated rings. The number of aliphatic hydroxyl groups excluding tert-OH is 1. The minimum atomic E-state index is -3.46. The highest BCUT2D eigenvalue weighted by Crippen LogP contribution is 2.33. The van der Waals surface area contributed by atoms with Crippen LogP contribution in [0.5, 0.6) is 5.75 Å². The molecule has 8 nitrogen and oxygen atoms in total. The van der Waals surface area contributed by atoms with Gasteiger partial charge in [0.2, 0.25) is 5.91 Å². The number of carbonyl (C=O) groups is 3. The van der Waals surface area contributed by atoms with E-state index < -0.39 is 73.0 Å². The molecular formula is C30H29F4N3O5. The molecule has 4 rings (SSSR count). The zero-order valence-electron chi connectivity index (χ0n) is 22.5. The average molecular weight is 588 g/mol. The molecule has 0 radical (unpaired) electrons. The van der Waals surface area contributed by atoms with Crippen molar-refractivity contribution in [2.75, 3.05) is 6.54 Å². The Morgan fingerprint density at radius 3 is 2.45 bits per heavy atom. The van der Waals surface area contributed by atoms with Crippen LogP contribution in [-0.4, -0.2) is 63.5 Å². The predicted octanol–water partition coefficient (Wildman–Crippen LogP) is 3.23. The van der Waals surface area contributed by atoms with Gasteiger partial charge in [-0.2, -0.15) is 0 Å². The lowest BCUT2D eigenvalue weighted by molar-refractivity contribution is -0.147. The van der Waals surface area contributed by atoms with Crippen LogP contribution in [0.1, 0.15) is 33.5 Å². The molecule has 3 atom stereocenters. The lowest BCUT2D eigenvalue weighted by Gasteiger charge is -2.30. The third kappa shape index (κ3) is 7.06. The summed E-state index contributed by atoms with van der Waals surface area (Å²) < 4.78 is 56.2. The number of likely N-dealkylation sites (tertiary alicyclic amines) is 1. The molecule has 0 unspecified atom stereocenters. The minimum absolute atomic E-state index is 0.0672. The Hall–Kier alpha value is -4.45. The van der Waals surface area contributed by atoms with Crippen LogP contribution in [0.25, 0.3) is 0 Å². The number of nitrogens with zero attached hydrogens (tertiary/aromatic N) is 1. The summed E-state index contributed by atoms with van der Waals surface area (Å²) in [7, 11) is 0. The molecule has 0 aromatic heterocycles. The maximum atomic E-state index is 14.5. The van der Waals surface area contributed by atoms with Gasteiger partial charge in [0.15, 0.2) is 6.10 Å². The van der Waals surface area contributed by atoms with E-state index in [2.05, 4.69) is 10.6 Å². The van der Waals surface area contributed by atoms with E-state index in [0.29, 0.717) is 16.5 Å². The minimum Gasteiger partial charge on any atom is -0.508 e. The van der Waals surface area contributed by atoms with Crippen LogP contribution in [-0.2, 0) is 22.6 Å². The number of carbonyl (C=O) groups excluding carboxylic acids is 3. The smallest absolute Gasteiger partial charge is 0.267 e. The van der Waals surface area contributed by atoms with E-state index in [1.807, 2.05) is 0 Å². The van der Waals surface area contributed by atoms with Crippen LogP contribution < -0.4 is 10.6 Å². The SMILES string of the molecule is Cc1c(O)cccc1C(=O)N[C@@H](Cc1ccccc1)[C@H](O)C(=O)N1CC(F)(F)C[C@H]1C(=O)NCc1ccc(F)cc1F. The topological polar surface area (TPSA) is 119 Å². The molecule has 0 saturated carbocycles. The third-order valence-electron chi connectivity index (χ3n) is 7.12. The van der Waals surface area contributed by atoms with Crippen molar-refractivity contribution in [3.8, 4) is 5.75 Å². The molecule has 0 bridgehead atoms. The molecule has 3 aromatic rings. The average Bonchev–Trinajstić information content (AvgIpc) is 3.28. The number of nitrogens with one attached hydrogen (secondary N) is 2. The van der Waals surface area contributed by atoms with Crippen LogP contribution >= 0.6 is 0 Å². The van der Waals surface area contributed by atoms with Crippen molar-refractivity contribution in [1.29, 1.82) is 0 Å². The summed E-state index contributed by atoms with van der Waals surface area (Å²) in [6.45, 7) is -0.109. The van der Waals surface area contributed by atoms with Gasteiger partial charge in [-0.25, -0.2) is 17.6 Å². The predicted molar refractivity (Wildman–Crippen MR) is 144 cm³/mol. The summed E-state index contributed by atoms with van der Waals surface area (Å²) in [6, 6.07) is 12.4. The van der Waals surface area contributed by atoms with Crippen molar-refractivity contribution in [3.05, 3.63) is 101 Å². The van der Waals surface area contributed by atoms with Gasteiger partial charge in [-0.1, -0.05) is 42.5 Å². The fourth-order valence-corrected chi connectivity index (χ4v) is 4.82. The molecule has 1 aliphatic rings. The molecule has 4 N–H and O–H groups in total. The summed E-state index contributed by atoms with van der Waals surface area (Å²) in [4.78, 5) is 40.0. The van der Waals surface area contributed by atoms with Gasteiger partial charge in [0.05, 0.1) is 12.6 Å². The molecule has 12 heteroatoms. The van der Waals surface area contributed by atoms with E-state index >= 15 is 0 Å². The van der Waals surface area contributed by atoms with E-state index in [-0.39, 0.29) is 28.9 Å². The third-order valence-corrected chi connectivity index (χ3v) is 7.12. The second kappa shape index (κ2) is 12.6. The number of alkyl halides is 2. The van der Waals surface area contributed by atoms with E-state index in [1.54, 1.807) is 30.3 Å². The highest BCUT2D eigenvalue weighted by atomic mass is 19.3. The number of rotatable bonds is 9. The Labute approximate surface area is 239 Å². The quantitative estimate of drug-likeness (QED) is 0.287. The van der Waals surface area contributed by atoms with Gasteiger partial charge in [-0.3, -0.25) is 14.4 Å². The number of benzene rings is 3. The first-order chi connectivity index (χ1) is 19.9. The number of hydrogen-bond acceptors (Lipinski definition) is 5. The molecule has 42 heavy (non-hydrogen) atoms. The van der Waals surface area contributed by atoms with Gasteiger partial charge in [0.1, 0.15) is 23.4 Å². The van der Waals surface area contributed by atoms with Gasteiger partial charge in [0.25, 0.3) is 17.7 Å². The first-order valence-corrected chi connectivity index (χ1v) is 13.1. The first kappa shape index (κ1) is 30.5. The van der Waals surface area contributed by atoms with Crippen molar-refractivity contribution >= 4 is 17.7 Å². The molecule has 0 spiro atoms. The normalized spacial score (nSPS) is 17.4. The van der Waals surface area contributed by atoms with E-state index in [0.717, 1.165) is 12.1 Å². The zero-order chi connectivity index (χ0) is 30.6. The Bertz CT molecular complexity index is 1470. The number of hydrogen-bond donors (Lipinski definition) is 4. The van der Waals surface area contributed by atoms with Gasteiger partial charge in [-0.05, 0) is 37.1 Å². The summed E-state index contributed by atoms with van der Waals surface area (Å²) in [5.74, 6) is -8.34. The molecule has 1 saturated heterocycles. The largest absolute Gasteiger partial charge is 0.508 e. The Balaban J connectivity index is 1.55. The highest BCUT2D eigenvalue weighted by Gasteiger charge is 2.51. The van der Waals surface area contributed by atoms with E-state index in [1.165, 1.54) is 25.1 Å². The summed E-state index contributed by atoms with van der Waals surface area (Å²) in [5, 5.41) is 26.0. The van der Waals surface area contributed by atoms with Gasteiger partial charge >= 0.3 is 0 Å².